The first-order valence-corrected chi connectivity index (χ1v) is 9.84. The predicted octanol–water partition coefficient (Wildman–Crippen LogP) is 1.46. The summed E-state index contributed by atoms with van der Waals surface area (Å²) in [6.07, 6.45) is 7.59. The second-order valence-corrected chi connectivity index (χ2v) is 7.48. The zero-order valence-corrected chi connectivity index (χ0v) is 17.1. The molecule has 0 radical (unpaired) electrons. The molecule has 2 aliphatic rings. The molecule has 3 atom stereocenters. The van der Waals surface area contributed by atoms with E-state index in [0.717, 1.165) is 18.2 Å². The second kappa shape index (κ2) is 9.44. The Hall–Kier alpha value is -3.98. The second-order valence-electron chi connectivity index (χ2n) is 7.48. The van der Waals surface area contributed by atoms with E-state index in [1.807, 2.05) is 0 Å². The third kappa shape index (κ3) is 5.19. The number of benzene rings is 1. The molecule has 0 saturated heterocycles. The SMILES string of the molecule is C[C@H]1C(=O)NC2=CC(=O)C=C(C2=O)[C@@H](Nc2cc(O)cc(C(=O)O)c2)CC=CC=C[C@H]1O. The van der Waals surface area contributed by atoms with E-state index in [1.54, 1.807) is 18.2 Å². The van der Waals surface area contributed by atoms with Crippen LogP contribution in [0.5, 0.6) is 5.75 Å². The molecule has 0 unspecified atom stereocenters. The van der Waals surface area contributed by atoms with Gasteiger partial charge in [-0.1, -0.05) is 31.2 Å². The predicted molar refractivity (Wildman–Crippen MR) is 115 cm³/mol. The van der Waals surface area contributed by atoms with Gasteiger partial charge in [0.15, 0.2) is 5.78 Å². The van der Waals surface area contributed by atoms with E-state index >= 15 is 0 Å². The van der Waals surface area contributed by atoms with Gasteiger partial charge in [0.05, 0.1) is 29.3 Å². The van der Waals surface area contributed by atoms with Crippen molar-refractivity contribution >= 4 is 29.1 Å². The van der Waals surface area contributed by atoms with Crippen LogP contribution in [0.2, 0.25) is 0 Å². The van der Waals surface area contributed by atoms with Gasteiger partial charge in [0.1, 0.15) is 5.75 Å². The molecule has 1 aliphatic heterocycles. The number of carbonyl (C=O) groups excluding carboxylic acids is 3. The summed E-state index contributed by atoms with van der Waals surface area (Å²) in [4.78, 5) is 49.1. The number of Topliss-reactive ketones (excluding diaryl/α,β-unsaturated/α-hetero) is 1. The van der Waals surface area contributed by atoms with Crippen molar-refractivity contribution in [1.29, 1.82) is 0 Å². The summed E-state index contributed by atoms with van der Waals surface area (Å²) in [6.45, 7) is 1.49. The normalized spacial score (nSPS) is 23.8. The Balaban J connectivity index is 2.00. The summed E-state index contributed by atoms with van der Waals surface area (Å²) in [7, 11) is 0. The Morgan fingerprint density at radius 3 is 2.59 bits per heavy atom. The smallest absolute Gasteiger partial charge is 0.335 e. The molecule has 1 amide bonds. The molecule has 1 aromatic rings. The molecule has 9 heteroatoms. The van der Waals surface area contributed by atoms with Crippen LogP contribution < -0.4 is 10.6 Å². The van der Waals surface area contributed by atoms with Crippen molar-refractivity contribution in [2.75, 3.05) is 5.32 Å². The van der Waals surface area contributed by atoms with Gasteiger partial charge in [-0.3, -0.25) is 14.4 Å². The highest BCUT2D eigenvalue weighted by molar-refractivity contribution is 6.21. The third-order valence-electron chi connectivity index (χ3n) is 5.08. The number of carboxylic acids is 1. The highest BCUT2D eigenvalue weighted by Gasteiger charge is 2.30. The lowest BCUT2D eigenvalue weighted by molar-refractivity contribution is -0.127. The number of carboxylic acid groups (broad SMARTS) is 1. The topological polar surface area (TPSA) is 153 Å². The standard InChI is InChI=1S/C23H22N2O7/c1-12-20(28)6-4-2-3-5-18(24-14-7-13(23(31)32)8-15(26)9-14)17-10-16(27)11-19(21(17)29)25-22(12)30/h2-4,6-12,18,20,24,26,28H,5H2,1H3,(H,25,30)(H,31,32)/t12-,18+,20-/m1/s1. The molecular formula is C23H22N2O7. The average molecular weight is 438 g/mol. The van der Waals surface area contributed by atoms with Gasteiger partial charge in [0.2, 0.25) is 11.7 Å². The number of allylic oxidation sites excluding steroid dienone is 5. The summed E-state index contributed by atoms with van der Waals surface area (Å²) in [5.41, 5.74) is -0.0794. The Bertz CT molecular complexity index is 1100. The van der Waals surface area contributed by atoms with E-state index in [0.29, 0.717) is 0 Å². The van der Waals surface area contributed by atoms with E-state index < -0.39 is 41.5 Å². The number of aliphatic hydroxyl groups is 1. The lowest BCUT2D eigenvalue weighted by Crippen LogP contribution is -2.40. The summed E-state index contributed by atoms with van der Waals surface area (Å²) in [6, 6.07) is 2.89. The molecule has 2 bridgehead atoms. The number of phenols is 1. The number of aliphatic hydroxyl groups excluding tert-OH is 1. The number of anilines is 1. The molecule has 3 rings (SSSR count). The number of hydrogen-bond acceptors (Lipinski definition) is 7. The van der Waals surface area contributed by atoms with Crippen molar-refractivity contribution in [3.63, 3.8) is 0 Å². The molecule has 166 valence electrons. The summed E-state index contributed by atoms with van der Waals surface area (Å²) in [5.74, 6) is -4.11. The van der Waals surface area contributed by atoms with Crippen molar-refractivity contribution in [3.8, 4) is 5.75 Å². The van der Waals surface area contributed by atoms with Crippen LogP contribution in [-0.2, 0) is 14.4 Å². The number of phenolic OH excluding ortho intramolecular Hbond substituents is 1. The van der Waals surface area contributed by atoms with E-state index in [2.05, 4.69) is 10.6 Å². The molecule has 0 saturated carbocycles. The van der Waals surface area contributed by atoms with Crippen molar-refractivity contribution < 1.29 is 34.5 Å². The lowest BCUT2D eigenvalue weighted by Gasteiger charge is -2.24. The fourth-order valence-corrected chi connectivity index (χ4v) is 3.30. The van der Waals surface area contributed by atoms with E-state index in [1.165, 1.54) is 25.1 Å². The largest absolute Gasteiger partial charge is 0.508 e. The highest BCUT2D eigenvalue weighted by Crippen LogP contribution is 2.25. The van der Waals surface area contributed by atoms with Crippen LogP contribution in [0.3, 0.4) is 0 Å². The molecule has 0 spiro atoms. The van der Waals surface area contributed by atoms with Crippen molar-refractivity contribution in [3.05, 3.63) is 71.5 Å². The first-order chi connectivity index (χ1) is 15.2. The number of aromatic carboxylic acids is 1. The van der Waals surface area contributed by atoms with Crippen molar-refractivity contribution in [2.45, 2.75) is 25.5 Å². The van der Waals surface area contributed by atoms with Gasteiger partial charge >= 0.3 is 5.97 Å². The van der Waals surface area contributed by atoms with E-state index in [-0.39, 0.29) is 34.7 Å². The van der Waals surface area contributed by atoms with Crippen LogP contribution in [0, 0.1) is 5.92 Å². The summed E-state index contributed by atoms with van der Waals surface area (Å²) >= 11 is 0. The Morgan fingerprint density at radius 1 is 1.12 bits per heavy atom. The van der Waals surface area contributed by atoms with E-state index in [4.69, 9.17) is 0 Å². The molecule has 1 aliphatic carbocycles. The van der Waals surface area contributed by atoms with Gasteiger partial charge in [-0.25, -0.2) is 4.79 Å². The Kier molecular flexibility index (Phi) is 6.70. The van der Waals surface area contributed by atoms with Crippen LogP contribution in [0.4, 0.5) is 5.69 Å². The minimum absolute atomic E-state index is 0.0640. The van der Waals surface area contributed by atoms with Crippen LogP contribution in [-0.4, -0.2) is 50.9 Å². The molecule has 9 nitrogen and oxygen atoms in total. The quantitative estimate of drug-likeness (QED) is 0.445. The fourth-order valence-electron chi connectivity index (χ4n) is 3.30. The van der Waals surface area contributed by atoms with Gasteiger partial charge in [-0.15, -0.1) is 0 Å². The van der Waals surface area contributed by atoms with Gasteiger partial charge in [-0.2, -0.15) is 0 Å². The Morgan fingerprint density at radius 2 is 1.88 bits per heavy atom. The molecule has 0 aromatic heterocycles. The van der Waals surface area contributed by atoms with Crippen molar-refractivity contribution in [2.24, 2.45) is 5.92 Å². The lowest BCUT2D eigenvalue weighted by atomic mass is 9.91. The maximum atomic E-state index is 13.1. The van der Waals surface area contributed by atoms with Crippen LogP contribution in [0.25, 0.3) is 0 Å². The van der Waals surface area contributed by atoms with Gasteiger partial charge in [0, 0.05) is 23.4 Å². The number of fused-ring (bicyclic) bond motifs is 2. The molecule has 1 heterocycles. The molecule has 5 N–H and O–H groups in total. The minimum atomic E-state index is -1.24. The zero-order chi connectivity index (χ0) is 23.4. The summed E-state index contributed by atoms with van der Waals surface area (Å²) in [5, 5.41) is 34.6. The minimum Gasteiger partial charge on any atom is -0.508 e. The zero-order valence-electron chi connectivity index (χ0n) is 17.1. The highest BCUT2D eigenvalue weighted by atomic mass is 16.4. The van der Waals surface area contributed by atoms with Crippen molar-refractivity contribution in [1.82, 2.24) is 5.32 Å². The van der Waals surface area contributed by atoms with Crippen LogP contribution in [0.1, 0.15) is 23.7 Å². The van der Waals surface area contributed by atoms with Gasteiger partial charge in [-0.05, 0) is 24.6 Å². The molecule has 1 aromatic carbocycles. The first-order valence-electron chi connectivity index (χ1n) is 9.84. The number of rotatable bonds is 3. The van der Waals surface area contributed by atoms with Crippen LogP contribution >= 0.6 is 0 Å². The molecule has 32 heavy (non-hydrogen) atoms. The van der Waals surface area contributed by atoms with Gasteiger partial charge < -0.3 is 26.0 Å². The number of carbonyl (C=O) groups is 4. The first kappa shape index (κ1) is 22.7. The third-order valence-corrected chi connectivity index (χ3v) is 5.08. The number of ketones is 2. The number of hydrogen-bond donors (Lipinski definition) is 5. The molecular weight excluding hydrogens is 416 g/mol. The monoisotopic (exact) mass is 438 g/mol. The van der Waals surface area contributed by atoms with Crippen LogP contribution in [0.15, 0.2) is 65.9 Å². The van der Waals surface area contributed by atoms with E-state index in [9.17, 15) is 34.5 Å². The average Bonchev–Trinajstić information content (AvgIpc) is 2.73. The number of aromatic hydroxyl groups is 1. The Labute approximate surface area is 183 Å². The van der Waals surface area contributed by atoms with Gasteiger partial charge in [0.25, 0.3) is 0 Å². The maximum Gasteiger partial charge on any atom is 0.335 e. The number of amides is 1. The summed E-state index contributed by atoms with van der Waals surface area (Å²) < 4.78 is 0. The molecule has 0 fully saturated rings. The maximum absolute atomic E-state index is 13.1. The fraction of sp³-hybridized carbons (Fsp3) is 0.217. The number of nitrogens with one attached hydrogen (secondary N) is 2.